The Balaban J connectivity index is 0.00000112. The summed E-state index contributed by atoms with van der Waals surface area (Å²) in [4.78, 5) is 0. The van der Waals surface area contributed by atoms with Crippen LogP contribution in [0.3, 0.4) is 0 Å². The number of allylic oxidation sites excluding steroid dienone is 1. The standard InChI is InChI=1S/C13H12N.Ac/c1-10(14)8-11-6-7-12-4-2-3-5-13(12)9-11;/h2-9,14H,1H3;/q-1;/b10-8-;. The first kappa shape index (κ1) is 12.7. The van der Waals surface area contributed by atoms with E-state index in [4.69, 9.17) is 5.73 Å². The van der Waals surface area contributed by atoms with Crippen molar-refractivity contribution in [1.82, 2.24) is 0 Å². The second-order valence-corrected chi connectivity index (χ2v) is 3.43. The minimum absolute atomic E-state index is 0. The second-order valence-electron chi connectivity index (χ2n) is 3.43. The van der Waals surface area contributed by atoms with Crippen LogP contribution < -0.4 is 0 Å². The fourth-order valence-corrected chi connectivity index (χ4v) is 1.55. The topological polar surface area (TPSA) is 23.8 Å². The Bertz CT molecular complexity index is 485. The molecule has 2 heteroatoms. The molecule has 0 aliphatic carbocycles. The van der Waals surface area contributed by atoms with Crippen molar-refractivity contribution in [3.63, 3.8) is 0 Å². The second kappa shape index (κ2) is 5.68. The molecule has 73 valence electrons. The SMILES string of the molecule is C/C([NH-])=C/c1ccc2ccccc2c1.[Ac]. The number of fused-ring (bicyclic) bond motifs is 1. The number of nitrogens with one attached hydrogen (secondary N) is 1. The molecule has 2 rings (SSSR count). The largest absolute Gasteiger partial charge is 0.702 e. The van der Waals surface area contributed by atoms with Crippen molar-refractivity contribution in [2.24, 2.45) is 0 Å². The minimum atomic E-state index is 0. The van der Waals surface area contributed by atoms with Crippen molar-refractivity contribution in [3.05, 3.63) is 59.5 Å². The molecule has 0 aliphatic heterocycles. The summed E-state index contributed by atoms with van der Waals surface area (Å²) in [5.74, 6) is 0. The van der Waals surface area contributed by atoms with Crippen LogP contribution in [0.15, 0.2) is 48.2 Å². The number of hydrogen-bond acceptors (Lipinski definition) is 0. The van der Waals surface area contributed by atoms with E-state index in [-0.39, 0.29) is 44.1 Å². The maximum absolute atomic E-state index is 7.38. The van der Waals surface area contributed by atoms with Crippen LogP contribution in [0.25, 0.3) is 22.6 Å². The van der Waals surface area contributed by atoms with Crippen molar-refractivity contribution in [3.8, 4) is 0 Å². The van der Waals surface area contributed by atoms with E-state index in [0.29, 0.717) is 5.70 Å². The molecule has 0 aromatic heterocycles. The Morgan fingerprint density at radius 1 is 1.07 bits per heavy atom. The zero-order valence-corrected chi connectivity index (χ0v) is 13.4. The van der Waals surface area contributed by atoms with E-state index < -0.39 is 0 Å². The molecule has 0 aliphatic rings. The molecular weight excluding hydrogens is 397 g/mol. The van der Waals surface area contributed by atoms with Gasteiger partial charge in [-0.1, -0.05) is 49.4 Å². The molecule has 0 saturated carbocycles. The van der Waals surface area contributed by atoms with Gasteiger partial charge in [0.05, 0.1) is 0 Å². The van der Waals surface area contributed by atoms with Crippen molar-refractivity contribution < 1.29 is 44.1 Å². The van der Waals surface area contributed by atoms with Crippen LogP contribution in [0.5, 0.6) is 0 Å². The molecule has 2 aromatic rings. The third-order valence-electron chi connectivity index (χ3n) is 2.16. The molecule has 15 heavy (non-hydrogen) atoms. The molecule has 1 N–H and O–H groups in total. The Morgan fingerprint density at radius 2 is 1.73 bits per heavy atom. The molecule has 0 atom stereocenters. The number of rotatable bonds is 1. The molecule has 0 bridgehead atoms. The first-order valence-corrected chi connectivity index (χ1v) is 4.64. The van der Waals surface area contributed by atoms with Gasteiger partial charge in [-0.3, -0.25) is 0 Å². The maximum Gasteiger partial charge on any atom is 0 e. The van der Waals surface area contributed by atoms with Crippen molar-refractivity contribution in [2.75, 3.05) is 0 Å². The van der Waals surface area contributed by atoms with Crippen LogP contribution in [0.4, 0.5) is 0 Å². The molecule has 0 heterocycles. The van der Waals surface area contributed by atoms with Gasteiger partial charge in [0.15, 0.2) is 0 Å². The molecule has 2 aromatic carbocycles. The third-order valence-corrected chi connectivity index (χ3v) is 2.16. The van der Waals surface area contributed by atoms with Gasteiger partial charge in [0, 0.05) is 44.1 Å². The average molecular weight is 409 g/mol. The molecule has 1 radical (unpaired) electrons. The summed E-state index contributed by atoms with van der Waals surface area (Å²) in [7, 11) is 0. The maximum atomic E-state index is 7.38. The average Bonchev–Trinajstić information content (AvgIpc) is 2.17. The Hall–Kier alpha value is -0.318. The molecule has 0 unspecified atom stereocenters. The van der Waals surface area contributed by atoms with E-state index in [2.05, 4.69) is 24.3 Å². The summed E-state index contributed by atoms with van der Waals surface area (Å²) in [5.41, 5.74) is 9.06. The number of hydrogen-bond donors (Lipinski definition) is 0. The summed E-state index contributed by atoms with van der Waals surface area (Å²) >= 11 is 0. The van der Waals surface area contributed by atoms with E-state index in [1.165, 1.54) is 10.8 Å². The first-order valence-electron chi connectivity index (χ1n) is 4.64. The normalized spacial score (nSPS) is 11.1. The van der Waals surface area contributed by atoms with Crippen LogP contribution in [0.2, 0.25) is 0 Å². The van der Waals surface area contributed by atoms with Gasteiger partial charge in [0.25, 0.3) is 0 Å². The van der Waals surface area contributed by atoms with Crippen LogP contribution >= 0.6 is 0 Å². The van der Waals surface area contributed by atoms with E-state index in [9.17, 15) is 0 Å². The van der Waals surface area contributed by atoms with Crippen molar-refractivity contribution in [1.29, 1.82) is 0 Å². The van der Waals surface area contributed by atoms with Gasteiger partial charge >= 0.3 is 0 Å². The zero-order chi connectivity index (χ0) is 9.97. The smallest absolute Gasteiger partial charge is 0 e. The van der Waals surface area contributed by atoms with E-state index >= 15 is 0 Å². The number of benzene rings is 2. The Labute approximate surface area is 126 Å². The van der Waals surface area contributed by atoms with E-state index in [1.54, 1.807) is 6.92 Å². The van der Waals surface area contributed by atoms with Crippen molar-refractivity contribution >= 4 is 16.8 Å². The van der Waals surface area contributed by atoms with Crippen LogP contribution in [0, 0.1) is 44.1 Å². The van der Waals surface area contributed by atoms with Gasteiger partial charge in [-0.2, -0.15) is 5.70 Å². The molecule has 0 fully saturated rings. The summed E-state index contributed by atoms with van der Waals surface area (Å²) < 4.78 is 0. The predicted octanol–water partition coefficient (Wildman–Crippen LogP) is 4.25. The summed E-state index contributed by atoms with van der Waals surface area (Å²) in [6.07, 6.45) is 1.87. The van der Waals surface area contributed by atoms with Gasteiger partial charge in [-0.25, -0.2) is 0 Å². The zero-order valence-electron chi connectivity index (χ0n) is 8.70. The molecular formula is C13H12AcN-. The van der Waals surface area contributed by atoms with Crippen LogP contribution in [0.1, 0.15) is 12.5 Å². The Morgan fingerprint density at radius 3 is 2.40 bits per heavy atom. The van der Waals surface area contributed by atoms with Gasteiger partial charge in [0.2, 0.25) is 0 Å². The van der Waals surface area contributed by atoms with Gasteiger partial charge in [0.1, 0.15) is 0 Å². The quantitative estimate of drug-likeness (QED) is 0.673. The van der Waals surface area contributed by atoms with Gasteiger partial charge < -0.3 is 5.73 Å². The fourth-order valence-electron chi connectivity index (χ4n) is 1.55. The monoisotopic (exact) mass is 409 g/mol. The predicted molar refractivity (Wildman–Crippen MR) is 61.9 cm³/mol. The van der Waals surface area contributed by atoms with Gasteiger partial charge in [-0.15, -0.1) is 0 Å². The Kier molecular flexibility index (Phi) is 4.83. The van der Waals surface area contributed by atoms with Gasteiger partial charge in [-0.05, 0) is 22.4 Å². The molecule has 0 saturated heterocycles. The molecule has 1 nitrogen and oxygen atoms in total. The first-order chi connectivity index (χ1) is 6.75. The third kappa shape index (κ3) is 3.33. The molecule has 0 spiro atoms. The van der Waals surface area contributed by atoms with Crippen LogP contribution in [-0.2, 0) is 0 Å². The summed E-state index contributed by atoms with van der Waals surface area (Å²) in [6.45, 7) is 1.79. The van der Waals surface area contributed by atoms with E-state index in [1.807, 2.05) is 24.3 Å². The minimum Gasteiger partial charge on any atom is -0.702 e. The molecule has 0 amide bonds. The summed E-state index contributed by atoms with van der Waals surface area (Å²) in [5, 5.41) is 2.47. The van der Waals surface area contributed by atoms with Crippen LogP contribution in [-0.4, -0.2) is 0 Å². The fraction of sp³-hybridized carbons (Fsp3) is 0.0769. The van der Waals surface area contributed by atoms with Crippen molar-refractivity contribution in [2.45, 2.75) is 6.92 Å². The van der Waals surface area contributed by atoms with E-state index in [0.717, 1.165) is 5.56 Å². The summed E-state index contributed by atoms with van der Waals surface area (Å²) in [6, 6.07) is 14.5.